The summed E-state index contributed by atoms with van der Waals surface area (Å²) >= 11 is 0. The highest BCUT2D eigenvalue weighted by atomic mass is 15.3. The molecule has 5 rings (SSSR count). The second-order valence-corrected chi connectivity index (χ2v) is 8.63. The third-order valence-corrected chi connectivity index (χ3v) is 6.76. The van der Waals surface area contributed by atoms with Crippen molar-refractivity contribution in [2.24, 2.45) is 11.8 Å². The zero-order valence-corrected chi connectivity index (χ0v) is 16.7. The lowest BCUT2D eigenvalue weighted by atomic mass is 10.0. The van der Waals surface area contributed by atoms with E-state index in [0.717, 1.165) is 36.3 Å². The van der Waals surface area contributed by atoms with Gasteiger partial charge in [0.25, 0.3) is 0 Å². The molecule has 0 radical (unpaired) electrons. The maximum absolute atomic E-state index is 4.34. The summed E-state index contributed by atoms with van der Waals surface area (Å²) in [5.74, 6) is 2.89. The van der Waals surface area contributed by atoms with Crippen LogP contribution < -0.4 is 4.90 Å². The summed E-state index contributed by atoms with van der Waals surface area (Å²) in [5, 5.41) is 0. The minimum Gasteiger partial charge on any atom is -0.369 e. The van der Waals surface area contributed by atoms with Crippen LogP contribution in [0.5, 0.6) is 0 Å². The van der Waals surface area contributed by atoms with E-state index in [0.29, 0.717) is 0 Å². The average molecular weight is 378 g/mol. The highest BCUT2D eigenvalue weighted by molar-refractivity contribution is 5.60. The topological polar surface area (TPSA) is 35.5 Å². The van der Waals surface area contributed by atoms with E-state index in [4.69, 9.17) is 0 Å². The van der Waals surface area contributed by atoms with Gasteiger partial charge in [-0.3, -0.25) is 4.90 Å². The summed E-state index contributed by atoms with van der Waals surface area (Å²) in [4.78, 5) is 16.5. The molecule has 0 amide bonds. The first-order chi connectivity index (χ1) is 13.8. The van der Waals surface area contributed by atoms with E-state index >= 15 is 0 Å². The van der Waals surface area contributed by atoms with Crippen molar-refractivity contribution >= 4 is 5.69 Å². The minimum atomic E-state index is 0.796. The van der Waals surface area contributed by atoms with Gasteiger partial charge < -0.3 is 9.80 Å². The molecule has 1 unspecified atom stereocenters. The second-order valence-electron chi connectivity index (χ2n) is 8.63. The predicted molar refractivity (Wildman–Crippen MR) is 113 cm³/mol. The highest BCUT2D eigenvalue weighted by Crippen LogP contribution is 2.41. The number of piperazine rings is 1. The van der Waals surface area contributed by atoms with Crippen molar-refractivity contribution in [2.45, 2.75) is 19.3 Å². The SMILES string of the molecule is c1cnc(-c2ccc(N3CCN(CCN4CCC(C5CC5)C4)CC3)cc2)nc1. The molecule has 3 aliphatic rings. The van der Waals surface area contributed by atoms with Crippen LogP contribution in [0.15, 0.2) is 42.7 Å². The van der Waals surface area contributed by atoms with Crippen LogP contribution in [0, 0.1) is 11.8 Å². The summed E-state index contributed by atoms with van der Waals surface area (Å²) in [6.07, 6.45) is 8.04. The minimum absolute atomic E-state index is 0.796. The van der Waals surface area contributed by atoms with E-state index in [-0.39, 0.29) is 0 Å². The third kappa shape index (κ3) is 4.20. The molecule has 2 aromatic rings. The van der Waals surface area contributed by atoms with Gasteiger partial charge in [-0.25, -0.2) is 9.97 Å². The van der Waals surface area contributed by atoms with E-state index in [9.17, 15) is 0 Å². The summed E-state index contributed by atoms with van der Waals surface area (Å²) < 4.78 is 0. The molecular weight excluding hydrogens is 346 g/mol. The third-order valence-electron chi connectivity index (χ3n) is 6.76. The van der Waals surface area contributed by atoms with Crippen LogP contribution in [0.1, 0.15) is 19.3 Å². The first-order valence-electron chi connectivity index (χ1n) is 10.9. The van der Waals surface area contributed by atoms with Gasteiger partial charge in [-0.05, 0) is 68.0 Å². The molecule has 148 valence electrons. The van der Waals surface area contributed by atoms with Crippen molar-refractivity contribution in [2.75, 3.05) is 57.3 Å². The van der Waals surface area contributed by atoms with Gasteiger partial charge in [0.15, 0.2) is 5.82 Å². The van der Waals surface area contributed by atoms with Gasteiger partial charge in [0.05, 0.1) is 0 Å². The Labute approximate surface area is 168 Å². The molecule has 3 fully saturated rings. The van der Waals surface area contributed by atoms with Crippen LogP contribution in [0.3, 0.4) is 0 Å². The molecular formula is C23H31N5. The number of nitrogens with zero attached hydrogens (tertiary/aromatic N) is 5. The van der Waals surface area contributed by atoms with E-state index in [1.165, 1.54) is 64.2 Å². The Morgan fingerprint density at radius 3 is 2.18 bits per heavy atom. The highest BCUT2D eigenvalue weighted by Gasteiger charge is 2.35. The molecule has 1 aromatic carbocycles. The Bertz CT molecular complexity index is 750. The lowest BCUT2D eigenvalue weighted by molar-refractivity contribution is 0.211. The van der Waals surface area contributed by atoms with Gasteiger partial charge in [-0.2, -0.15) is 0 Å². The van der Waals surface area contributed by atoms with E-state index in [1.54, 1.807) is 12.4 Å². The molecule has 1 atom stereocenters. The maximum Gasteiger partial charge on any atom is 0.159 e. The molecule has 1 aliphatic carbocycles. The van der Waals surface area contributed by atoms with Gasteiger partial charge in [-0.1, -0.05) is 0 Å². The molecule has 0 spiro atoms. The molecule has 1 aromatic heterocycles. The summed E-state index contributed by atoms with van der Waals surface area (Å²) in [7, 11) is 0. The number of benzene rings is 1. The van der Waals surface area contributed by atoms with Gasteiger partial charge >= 0.3 is 0 Å². The van der Waals surface area contributed by atoms with Crippen molar-refractivity contribution in [1.29, 1.82) is 0 Å². The monoisotopic (exact) mass is 377 g/mol. The molecule has 5 nitrogen and oxygen atoms in total. The summed E-state index contributed by atoms with van der Waals surface area (Å²) in [6, 6.07) is 10.6. The lowest BCUT2D eigenvalue weighted by Gasteiger charge is -2.36. The van der Waals surface area contributed by atoms with Crippen molar-refractivity contribution in [1.82, 2.24) is 19.8 Å². The average Bonchev–Trinajstić information content (AvgIpc) is 3.51. The Hall–Kier alpha value is -1.98. The van der Waals surface area contributed by atoms with Crippen LogP contribution in [-0.4, -0.2) is 72.1 Å². The molecule has 2 aliphatic heterocycles. The number of likely N-dealkylation sites (tertiary alicyclic amines) is 1. The van der Waals surface area contributed by atoms with Gasteiger partial charge in [0.1, 0.15) is 0 Å². The van der Waals surface area contributed by atoms with Gasteiger partial charge in [0.2, 0.25) is 0 Å². The van der Waals surface area contributed by atoms with Gasteiger partial charge in [0, 0.05) is 69.5 Å². The second kappa shape index (κ2) is 8.18. The molecule has 0 N–H and O–H groups in total. The fourth-order valence-corrected chi connectivity index (χ4v) is 4.80. The maximum atomic E-state index is 4.34. The van der Waals surface area contributed by atoms with Crippen molar-refractivity contribution < 1.29 is 0 Å². The van der Waals surface area contributed by atoms with Crippen LogP contribution >= 0.6 is 0 Å². The van der Waals surface area contributed by atoms with E-state index in [1.807, 2.05) is 6.07 Å². The zero-order chi connectivity index (χ0) is 18.8. The fourth-order valence-electron chi connectivity index (χ4n) is 4.80. The first kappa shape index (κ1) is 18.1. The molecule has 2 saturated heterocycles. The van der Waals surface area contributed by atoms with E-state index < -0.39 is 0 Å². The first-order valence-corrected chi connectivity index (χ1v) is 10.9. The van der Waals surface area contributed by atoms with Crippen LogP contribution in [0.2, 0.25) is 0 Å². The van der Waals surface area contributed by atoms with Gasteiger partial charge in [-0.15, -0.1) is 0 Å². The van der Waals surface area contributed by atoms with Crippen molar-refractivity contribution in [3.8, 4) is 11.4 Å². The summed E-state index contributed by atoms with van der Waals surface area (Å²) in [6.45, 7) is 9.76. The number of rotatable bonds is 6. The number of hydrogen-bond acceptors (Lipinski definition) is 5. The Kier molecular flexibility index (Phi) is 5.28. The van der Waals surface area contributed by atoms with Crippen LogP contribution in [-0.2, 0) is 0 Å². The molecule has 28 heavy (non-hydrogen) atoms. The standard InChI is InChI=1S/C23H31N5/c1-9-24-23(25-10-1)20-4-6-22(7-5-20)28-16-14-26(15-17-28)12-13-27-11-8-21(18-27)19-2-3-19/h1,4-7,9-10,19,21H,2-3,8,11-18H2. The van der Waals surface area contributed by atoms with Crippen molar-refractivity contribution in [3.63, 3.8) is 0 Å². The van der Waals surface area contributed by atoms with Crippen LogP contribution in [0.4, 0.5) is 5.69 Å². The molecule has 0 bridgehead atoms. The number of aromatic nitrogens is 2. The van der Waals surface area contributed by atoms with Crippen molar-refractivity contribution in [3.05, 3.63) is 42.7 Å². The van der Waals surface area contributed by atoms with Crippen LogP contribution in [0.25, 0.3) is 11.4 Å². The Morgan fingerprint density at radius 2 is 1.46 bits per heavy atom. The zero-order valence-electron chi connectivity index (χ0n) is 16.7. The quantitative estimate of drug-likeness (QED) is 0.773. The largest absolute Gasteiger partial charge is 0.369 e. The molecule has 3 heterocycles. The fraction of sp³-hybridized carbons (Fsp3) is 0.565. The van der Waals surface area contributed by atoms with E-state index in [2.05, 4.69) is 48.9 Å². The smallest absolute Gasteiger partial charge is 0.159 e. The molecule has 5 heteroatoms. The molecule has 1 saturated carbocycles. The number of anilines is 1. The Balaban J connectivity index is 1.08. The Morgan fingerprint density at radius 1 is 0.750 bits per heavy atom. The normalized spacial score (nSPS) is 24.0. The summed E-state index contributed by atoms with van der Waals surface area (Å²) in [5.41, 5.74) is 2.39. The number of hydrogen-bond donors (Lipinski definition) is 0. The lowest BCUT2D eigenvalue weighted by Crippen LogP contribution is -2.48. The predicted octanol–water partition coefficient (Wildman–Crippen LogP) is 3.00.